The second-order valence-electron chi connectivity index (χ2n) is 4.95. The molecule has 0 unspecified atom stereocenters. The first-order valence-corrected chi connectivity index (χ1v) is 7.21. The molecule has 0 radical (unpaired) electrons. The monoisotopic (exact) mass is 335 g/mol. The van der Waals surface area contributed by atoms with Gasteiger partial charge in [-0.1, -0.05) is 30.3 Å². The van der Waals surface area contributed by atoms with Crippen LogP contribution in [0.3, 0.4) is 0 Å². The summed E-state index contributed by atoms with van der Waals surface area (Å²) in [4.78, 5) is 18.6. The van der Waals surface area contributed by atoms with Gasteiger partial charge in [0, 0.05) is 38.5 Å². The maximum atomic E-state index is 12.7. The molecule has 2 rings (SSSR count). The molecule has 0 saturated carbocycles. The molecule has 1 amide bonds. The normalized spacial score (nSPS) is 10.0. The van der Waals surface area contributed by atoms with Crippen molar-refractivity contribution in [2.45, 2.75) is 13.1 Å². The fourth-order valence-electron chi connectivity index (χ4n) is 2.16. The number of halogens is 1. The van der Waals surface area contributed by atoms with E-state index in [1.807, 2.05) is 30.3 Å². The van der Waals surface area contributed by atoms with Crippen molar-refractivity contribution in [1.82, 2.24) is 9.88 Å². The number of methoxy groups -OCH3 is 1. The molecule has 0 aliphatic carbocycles. The second-order valence-corrected chi connectivity index (χ2v) is 4.95. The van der Waals surface area contributed by atoms with Gasteiger partial charge in [0.2, 0.25) is 0 Å². The van der Waals surface area contributed by atoms with Gasteiger partial charge in [-0.25, -0.2) is 0 Å². The molecule has 1 aromatic carbocycles. The van der Waals surface area contributed by atoms with Gasteiger partial charge in [0.1, 0.15) is 0 Å². The number of carbonyl (C=O) groups excluding carboxylic acids is 1. The van der Waals surface area contributed by atoms with E-state index in [4.69, 9.17) is 10.5 Å². The highest BCUT2D eigenvalue weighted by Gasteiger charge is 2.16. The number of nitrogens with two attached hydrogens (primary N) is 1. The van der Waals surface area contributed by atoms with Gasteiger partial charge in [-0.15, -0.1) is 12.4 Å². The third-order valence-electron chi connectivity index (χ3n) is 3.34. The number of nitrogens with zero attached hydrogens (tertiary/aromatic N) is 2. The Balaban J connectivity index is 0.00000264. The third kappa shape index (κ3) is 5.63. The van der Waals surface area contributed by atoms with Crippen molar-refractivity contribution < 1.29 is 9.53 Å². The molecule has 5 nitrogen and oxygen atoms in total. The summed E-state index contributed by atoms with van der Waals surface area (Å²) in [5.41, 5.74) is 7.98. The van der Waals surface area contributed by atoms with Crippen molar-refractivity contribution >= 4 is 18.3 Å². The van der Waals surface area contributed by atoms with Crippen LogP contribution in [0.25, 0.3) is 0 Å². The SMILES string of the molecule is COCCN(Cc1ccccc1)C(=O)c1ccnc(CN)c1.Cl. The van der Waals surface area contributed by atoms with Crippen LogP contribution in [0.15, 0.2) is 48.7 Å². The minimum Gasteiger partial charge on any atom is -0.383 e. The van der Waals surface area contributed by atoms with Gasteiger partial charge in [-0.3, -0.25) is 9.78 Å². The molecule has 6 heteroatoms. The molecule has 124 valence electrons. The molecule has 2 aromatic rings. The lowest BCUT2D eigenvalue weighted by molar-refractivity contribution is 0.0680. The molecule has 0 atom stereocenters. The number of ether oxygens (including phenoxy) is 1. The first-order chi connectivity index (χ1) is 10.7. The number of rotatable bonds is 7. The van der Waals surface area contributed by atoms with E-state index in [2.05, 4.69) is 4.98 Å². The summed E-state index contributed by atoms with van der Waals surface area (Å²) in [6, 6.07) is 13.4. The third-order valence-corrected chi connectivity index (χ3v) is 3.34. The average Bonchev–Trinajstić information content (AvgIpc) is 2.59. The minimum atomic E-state index is -0.0435. The van der Waals surface area contributed by atoms with E-state index < -0.39 is 0 Å². The highest BCUT2D eigenvalue weighted by atomic mass is 35.5. The van der Waals surface area contributed by atoms with Crippen LogP contribution in [0.5, 0.6) is 0 Å². The zero-order valence-corrected chi connectivity index (χ0v) is 14.0. The minimum absolute atomic E-state index is 0. The van der Waals surface area contributed by atoms with Crippen LogP contribution in [0.2, 0.25) is 0 Å². The van der Waals surface area contributed by atoms with Crippen molar-refractivity contribution in [3.63, 3.8) is 0 Å². The molecular weight excluding hydrogens is 314 g/mol. The predicted octanol–water partition coefficient (Wildman–Crippen LogP) is 2.25. The quantitative estimate of drug-likeness (QED) is 0.842. The molecule has 0 fully saturated rings. The van der Waals surface area contributed by atoms with Gasteiger partial charge in [-0.05, 0) is 17.7 Å². The smallest absolute Gasteiger partial charge is 0.254 e. The van der Waals surface area contributed by atoms with Gasteiger partial charge in [-0.2, -0.15) is 0 Å². The Hall–Kier alpha value is -1.95. The Labute approximate surface area is 142 Å². The van der Waals surface area contributed by atoms with Gasteiger partial charge >= 0.3 is 0 Å². The van der Waals surface area contributed by atoms with E-state index >= 15 is 0 Å². The molecule has 0 bridgehead atoms. The lowest BCUT2D eigenvalue weighted by atomic mass is 10.1. The van der Waals surface area contributed by atoms with E-state index in [1.54, 1.807) is 30.3 Å². The maximum Gasteiger partial charge on any atom is 0.254 e. The van der Waals surface area contributed by atoms with Crippen molar-refractivity contribution in [2.24, 2.45) is 5.73 Å². The van der Waals surface area contributed by atoms with Gasteiger partial charge in [0.15, 0.2) is 0 Å². The molecule has 0 saturated heterocycles. The first-order valence-electron chi connectivity index (χ1n) is 7.21. The molecule has 23 heavy (non-hydrogen) atoms. The van der Waals surface area contributed by atoms with E-state index in [1.165, 1.54) is 0 Å². The summed E-state index contributed by atoms with van der Waals surface area (Å²) in [5.74, 6) is -0.0435. The highest BCUT2D eigenvalue weighted by Crippen LogP contribution is 2.11. The summed E-state index contributed by atoms with van der Waals surface area (Å²) in [7, 11) is 1.63. The summed E-state index contributed by atoms with van der Waals surface area (Å²) in [6.07, 6.45) is 1.62. The number of aromatic nitrogens is 1. The van der Waals surface area contributed by atoms with E-state index in [-0.39, 0.29) is 18.3 Å². The van der Waals surface area contributed by atoms with E-state index in [0.717, 1.165) is 5.56 Å². The summed E-state index contributed by atoms with van der Waals surface area (Å²) in [6.45, 7) is 1.89. The van der Waals surface area contributed by atoms with E-state index in [0.29, 0.717) is 37.5 Å². The number of pyridine rings is 1. The maximum absolute atomic E-state index is 12.7. The number of amides is 1. The van der Waals surface area contributed by atoms with Crippen LogP contribution < -0.4 is 5.73 Å². The van der Waals surface area contributed by atoms with E-state index in [9.17, 15) is 4.79 Å². The Bertz CT molecular complexity index is 608. The Kier molecular flexibility index (Phi) is 8.26. The van der Waals surface area contributed by atoms with Crippen LogP contribution in [-0.2, 0) is 17.8 Å². The van der Waals surface area contributed by atoms with Crippen molar-refractivity contribution in [2.75, 3.05) is 20.3 Å². The zero-order valence-electron chi connectivity index (χ0n) is 13.1. The lowest BCUT2D eigenvalue weighted by Crippen LogP contribution is -2.33. The largest absolute Gasteiger partial charge is 0.383 e. The summed E-state index contributed by atoms with van der Waals surface area (Å²) >= 11 is 0. The van der Waals surface area contributed by atoms with Crippen LogP contribution in [0.1, 0.15) is 21.6 Å². The first kappa shape index (κ1) is 19.1. The fourth-order valence-corrected chi connectivity index (χ4v) is 2.16. The van der Waals surface area contributed by atoms with Crippen molar-refractivity contribution in [3.05, 3.63) is 65.5 Å². The predicted molar refractivity (Wildman–Crippen MR) is 92.4 cm³/mol. The molecule has 0 aliphatic heterocycles. The molecule has 2 N–H and O–H groups in total. The Morgan fingerprint density at radius 1 is 1.26 bits per heavy atom. The van der Waals surface area contributed by atoms with Gasteiger partial charge in [0.25, 0.3) is 5.91 Å². The molecule has 1 aromatic heterocycles. The zero-order chi connectivity index (χ0) is 15.8. The number of hydrogen-bond acceptors (Lipinski definition) is 4. The number of hydrogen-bond donors (Lipinski definition) is 1. The molecule has 0 aliphatic rings. The number of benzene rings is 1. The molecular formula is C17H22ClN3O2. The summed E-state index contributed by atoms with van der Waals surface area (Å²) in [5, 5.41) is 0. The topological polar surface area (TPSA) is 68.5 Å². The Morgan fingerprint density at radius 2 is 2.00 bits per heavy atom. The Morgan fingerprint density at radius 3 is 2.65 bits per heavy atom. The van der Waals surface area contributed by atoms with Crippen LogP contribution >= 0.6 is 12.4 Å². The molecule has 0 spiro atoms. The fraction of sp³-hybridized carbons (Fsp3) is 0.294. The van der Waals surface area contributed by atoms with Crippen molar-refractivity contribution in [3.8, 4) is 0 Å². The van der Waals surface area contributed by atoms with Gasteiger partial charge < -0.3 is 15.4 Å². The standard InChI is InChI=1S/C17H21N3O2.ClH/c1-22-10-9-20(13-14-5-3-2-4-6-14)17(21)15-7-8-19-16(11-15)12-18;/h2-8,11H,9-10,12-13,18H2,1H3;1H. The molecule has 1 heterocycles. The van der Waals surface area contributed by atoms with Crippen LogP contribution in [0.4, 0.5) is 0 Å². The van der Waals surface area contributed by atoms with Crippen LogP contribution in [-0.4, -0.2) is 36.1 Å². The summed E-state index contributed by atoms with van der Waals surface area (Å²) < 4.78 is 5.11. The van der Waals surface area contributed by atoms with Gasteiger partial charge in [0.05, 0.1) is 12.3 Å². The average molecular weight is 336 g/mol. The lowest BCUT2D eigenvalue weighted by Gasteiger charge is -2.23. The van der Waals surface area contributed by atoms with Crippen molar-refractivity contribution in [1.29, 1.82) is 0 Å². The van der Waals surface area contributed by atoms with Crippen LogP contribution in [0, 0.1) is 0 Å². The second kappa shape index (κ2) is 9.94. The number of carbonyl (C=O) groups is 1. The highest BCUT2D eigenvalue weighted by molar-refractivity contribution is 5.94.